The summed E-state index contributed by atoms with van der Waals surface area (Å²) >= 11 is 0. The third-order valence-corrected chi connectivity index (χ3v) is 4.80. The fourth-order valence-corrected chi connectivity index (χ4v) is 3.29. The zero-order chi connectivity index (χ0) is 19.2. The predicted octanol–water partition coefficient (Wildman–Crippen LogP) is 1.59. The van der Waals surface area contributed by atoms with E-state index >= 15 is 0 Å². The predicted molar refractivity (Wildman–Crippen MR) is 102 cm³/mol. The number of aryl methyl sites for hydroxylation is 2. The van der Waals surface area contributed by atoms with Crippen LogP contribution in [0.1, 0.15) is 30.5 Å². The molecule has 1 N–H and O–H groups in total. The highest BCUT2D eigenvalue weighted by Crippen LogP contribution is 2.25. The summed E-state index contributed by atoms with van der Waals surface area (Å²) in [6.07, 6.45) is 6.82. The van der Waals surface area contributed by atoms with E-state index in [-0.39, 0.29) is 18.4 Å². The van der Waals surface area contributed by atoms with Crippen molar-refractivity contribution < 1.29 is 14.3 Å². The Morgan fingerprint density at radius 3 is 2.93 bits per heavy atom. The van der Waals surface area contributed by atoms with Gasteiger partial charge < -0.3 is 15.0 Å². The van der Waals surface area contributed by atoms with Crippen molar-refractivity contribution in [3.05, 3.63) is 47.8 Å². The summed E-state index contributed by atoms with van der Waals surface area (Å²) in [5.74, 6) is 0.463. The van der Waals surface area contributed by atoms with Crippen molar-refractivity contribution >= 4 is 11.8 Å². The maximum Gasteiger partial charge on any atom is 0.247 e. The number of aromatic nitrogens is 2. The molecule has 3 rings (SSSR count). The van der Waals surface area contributed by atoms with Gasteiger partial charge in [0.25, 0.3) is 0 Å². The fraction of sp³-hybridized carbons (Fsp3) is 0.450. The van der Waals surface area contributed by atoms with Crippen molar-refractivity contribution in [1.29, 1.82) is 0 Å². The van der Waals surface area contributed by atoms with Crippen molar-refractivity contribution in [2.45, 2.75) is 32.2 Å². The first-order valence-corrected chi connectivity index (χ1v) is 9.30. The van der Waals surface area contributed by atoms with Crippen LogP contribution in [-0.4, -0.2) is 53.2 Å². The second kappa shape index (κ2) is 8.70. The van der Waals surface area contributed by atoms with Gasteiger partial charge in [-0.05, 0) is 55.5 Å². The quantitative estimate of drug-likeness (QED) is 0.716. The number of carbonyl (C=O) groups is 2. The lowest BCUT2D eigenvalue weighted by Crippen LogP contribution is -2.42. The molecule has 0 aliphatic heterocycles. The maximum atomic E-state index is 12.3. The monoisotopic (exact) mass is 370 g/mol. The van der Waals surface area contributed by atoms with E-state index in [2.05, 4.69) is 22.5 Å². The molecule has 0 unspecified atom stereocenters. The van der Waals surface area contributed by atoms with E-state index in [9.17, 15) is 9.59 Å². The van der Waals surface area contributed by atoms with Crippen LogP contribution in [0.25, 0.3) is 0 Å². The van der Waals surface area contributed by atoms with Crippen LogP contribution in [0.15, 0.2) is 36.7 Å². The number of rotatable bonds is 8. The van der Waals surface area contributed by atoms with Crippen LogP contribution in [0.3, 0.4) is 0 Å². The Morgan fingerprint density at radius 2 is 2.15 bits per heavy atom. The standard InChI is InChI=1S/C20H26N4O3/c1-15(24-11-4-9-22-24)20(26)23(2)14-19(25)21-10-12-27-18-8-7-16-5-3-6-17(16)13-18/h4,7-9,11,13,15H,3,5-6,10,12,14H2,1-2H3,(H,21,25)/t15-/m0/s1. The summed E-state index contributed by atoms with van der Waals surface area (Å²) in [7, 11) is 1.61. The van der Waals surface area contributed by atoms with E-state index in [0.29, 0.717) is 13.2 Å². The zero-order valence-corrected chi connectivity index (χ0v) is 15.9. The van der Waals surface area contributed by atoms with Gasteiger partial charge in [0.15, 0.2) is 0 Å². The number of hydrogen-bond acceptors (Lipinski definition) is 4. The van der Waals surface area contributed by atoms with Gasteiger partial charge in [0.2, 0.25) is 11.8 Å². The van der Waals surface area contributed by atoms with Gasteiger partial charge in [-0.3, -0.25) is 14.3 Å². The van der Waals surface area contributed by atoms with Crippen molar-refractivity contribution in [1.82, 2.24) is 20.0 Å². The molecule has 1 aliphatic carbocycles. The molecule has 27 heavy (non-hydrogen) atoms. The molecule has 0 fully saturated rings. The fourth-order valence-electron chi connectivity index (χ4n) is 3.29. The molecule has 1 aromatic carbocycles. The number of fused-ring (bicyclic) bond motifs is 1. The molecule has 1 aromatic heterocycles. The molecule has 7 heteroatoms. The number of ether oxygens (including phenoxy) is 1. The summed E-state index contributed by atoms with van der Waals surface area (Å²) < 4.78 is 7.29. The van der Waals surface area contributed by atoms with E-state index in [1.54, 1.807) is 37.1 Å². The average molecular weight is 370 g/mol. The minimum absolute atomic E-state index is 0.00326. The highest BCUT2D eigenvalue weighted by atomic mass is 16.5. The number of amides is 2. The van der Waals surface area contributed by atoms with Crippen molar-refractivity contribution in [3.63, 3.8) is 0 Å². The van der Waals surface area contributed by atoms with Crippen LogP contribution in [0, 0.1) is 0 Å². The van der Waals surface area contributed by atoms with E-state index in [1.807, 2.05) is 6.07 Å². The van der Waals surface area contributed by atoms with Crippen LogP contribution in [-0.2, 0) is 22.4 Å². The third-order valence-electron chi connectivity index (χ3n) is 4.80. The number of nitrogens with one attached hydrogen (secondary N) is 1. The van der Waals surface area contributed by atoms with Gasteiger partial charge >= 0.3 is 0 Å². The first kappa shape index (κ1) is 18.9. The Morgan fingerprint density at radius 1 is 1.33 bits per heavy atom. The minimum atomic E-state index is -0.444. The smallest absolute Gasteiger partial charge is 0.247 e. The van der Waals surface area contributed by atoms with Gasteiger partial charge in [-0.25, -0.2) is 0 Å². The zero-order valence-electron chi connectivity index (χ0n) is 15.9. The molecule has 144 valence electrons. The van der Waals surface area contributed by atoms with Gasteiger partial charge in [-0.2, -0.15) is 5.10 Å². The molecular formula is C20H26N4O3. The van der Waals surface area contributed by atoms with Gasteiger partial charge in [0.1, 0.15) is 18.4 Å². The summed E-state index contributed by atoms with van der Waals surface area (Å²) in [5.41, 5.74) is 2.77. The summed E-state index contributed by atoms with van der Waals surface area (Å²) in [6, 6.07) is 7.51. The largest absolute Gasteiger partial charge is 0.492 e. The molecule has 0 spiro atoms. The van der Waals surface area contributed by atoms with Crippen molar-refractivity contribution in [2.24, 2.45) is 0 Å². The SMILES string of the molecule is C[C@@H](C(=O)N(C)CC(=O)NCCOc1ccc2c(c1)CCC2)n1cccn1. The van der Waals surface area contributed by atoms with Crippen LogP contribution in [0.4, 0.5) is 0 Å². The first-order chi connectivity index (χ1) is 13.0. The Hall–Kier alpha value is -2.83. The molecule has 0 saturated carbocycles. The molecule has 2 aromatic rings. The lowest BCUT2D eigenvalue weighted by Gasteiger charge is -2.21. The Labute approximate surface area is 159 Å². The van der Waals surface area contributed by atoms with E-state index in [4.69, 9.17) is 4.74 Å². The van der Waals surface area contributed by atoms with Crippen LogP contribution < -0.4 is 10.1 Å². The second-order valence-corrected chi connectivity index (χ2v) is 6.84. The van der Waals surface area contributed by atoms with Gasteiger partial charge in [-0.1, -0.05) is 6.07 Å². The lowest BCUT2D eigenvalue weighted by molar-refractivity contribution is -0.137. The number of hydrogen-bond donors (Lipinski definition) is 1. The highest BCUT2D eigenvalue weighted by molar-refractivity contribution is 5.86. The topological polar surface area (TPSA) is 76.5 Å². The van der Waals surface area contributed by atoms with E-state index in [0.717, 1.165) is 18.6 Å². The molecule has 2 amide bonds. The Kier molecular flexibility index (Phi) is 6.11. The highest BCUT2D eigenvalue weighted by Gasteiger charge is 2.21. The van der Waals surface area contributed by atoms with Gasteiger partial charge in [0.05, 0.1) is 13.1 Å². The third kappa shape index (κ3) is 4.87. The molecule has 7 nitrogen and oxygen atoms in total. The molecule has 1 aliphatic rings. The molecule has 0 saturated heterocycles. The van der Waals surface area contributed by atoms with Crippen molar-refractivity contribution in [2.75, 3.05) is 26.7 Å². The summed E-state index contributed by atoms with van der Waals surface area (Å²) in [5, 5.41) is 6.85. The molecule has 0 radical (unpaired) electrons. The van der Waals surface area contributed by atoms with Gasteiger partial charge in [0, 0.05) is 19.4 Å². The maximum absolute atomic E-state index is 12.3. The van der Waals surface area contributed by atoms with Crippen LogP contribution in [0.5, 0.6) is 5.75 Å². The number of likely N-dealkylation sites (N-methyl/N-ethyl adjacent to an activating group) is 1. The molecule has 0 bridgehead atoms. The Bertz CT molecular complexity index is 789. The van der Waals surface area contributed by atoms with E-state index in [1.165, 1.54) is 22.4 Å². The molecular weight excluding hydrogens is 344 g/mol. The number of benzene rings is 1. The van der Waals surface area contributed by atoms with Crippen LogP contribution >= 0.6 is 0 Å². The van der Waals surface area contributed by atoms with Crippen molar-refractivity contribution in [3.8, 4) is 5.75 Å². The first-order valence-electron chi connectivity index (χ1n) is 9.30. The molecule has 1 heterocycles. The van der Waals surface area contributed by atoms with Crippen LogP contribution in [0.2, 0.25) is 0 Å². The summed E-state index contributed by atoms with van der Waals surface area (Å²) in [4.78, 5) is 25.8. The summed E-state index contributed by atoms with van der Waals surface area (Å²) in [6.45, 7) is 2.55. The average Bonchev–Trinajstić information content (AvgIpc) is 3.35. The van der Waals surface area contributed by atoms with E-state index < -0.39 is 6.04 Å². The number of carbonyl (C=O) groups excluding carboxylic acids is 2. The molecule has 1 atom stereocenters. The van der Waals surface area contributed by atoms with Gasteiger partial charge in [-0.15, -0.1) is 0 Å². The Balaban J connectivity index is 1.37. The lowest BCUT2D eigenvalue weighted by atomic mass is 10.1. The normalized spacial score (nSPS) is 13.7. The second-order valence-electron chi connectivity index (χ2n) is 6.84. The number of nitrogens with zero attached hydrogens (tertiary/aromatic N) is 3. The minimum Gasteiger partial charge on any atom is -0.492 e.